The first-order valence-electron chi connectivity index (χ1n) is 7.33. The first kappa shape index (κ1) is 18.6. The molecular weight excluding hydrogens is 443 g/mol. The van der Waals surface area contributed by atoms with Crippen LogP contribution in [0.3, 0.4) is 0 Å². The molecule has 0 fully saturated rings. The Morgan fingerprint density at radius 2 is 2.12 bits per heavy atom. The molecule has 0 saturated carbocycles. The molecule has 0 bridgehead atoms. The van der Waals surface area contributed by atoms with Gasteiger partial charge in [0.2, 0.25) is 0 Å². The van der Waals surface area contributed by atoms with Crippen LogP contribution in [0.1, 0.15) is 0 Å². The van der Waals surface area contributed by atoms with Crippen LogP contribution in [-0.4, -0.2) is 21.5 Å². The first-order chi connectivity index (χ1) is 12.1. The van der Waals surface area contributed by atoms with E-state index in [0.717, 1.165) is 17.0 Å². The lowest BCUT2D eigenvalue weighted by Gasteiger charge is -2.05. The van der Waals surface area contributed by atoms with E-state index in [1.54, 1.807) is 30.6 Å². The van der Waals surface area contributed by atoms with Crippen molar-refractivity contribution in [2.24, 2.45) is 0 Å². The third kappa shape index (κ3) is 3.53. The number of pyridine rings is 1. The summed E-state index contributed by atoms with van der Waals surface area (Å²) in [6.07, 6.45) is 3.54. The predicted molar refractivity (Wildman–Crippen MR) is 108 cm³/mol. The summed E-state index contributed by atoms with van der Waals surface area (Å²) < 4.78 is 20.6. The molecule has 0 aliphatic rings. The Kier molecular flexibility index (Phi) is 5.45. The van der Waals surface area contributed by atoms with Crippen LogP contribution in [-0.2, 0) is 0 Å². The summed E-state index contributed by atoms with van der Waals surface area (Å²) in [6.45, 7) is 0. The molecule has 0 saturated heterocycles. The Hall–Kier alpha value is -2.16. The van der Waals surface area contributed by atoms with Crippen molar-refractivity contribution < 1.29 is 9.13 Å². The average Bonchev–Trinajstić information content (AvgIpc) is 3.21. The minimum absolute atomic E-state index is 0. The summed E-state index contributed by atoms with van der Waals surface area (Å²) in [4.78, 5) is 8.89. The minimum Gasteiger partial charge on any atom is -0.494 e. The van der Waals surface area contributed by atoms with Crippen molar-refractivity contribution in [1.82, 2.24) is 14.4 Å². The fourth-order valence-electron chi connectivity index (χ4n) is 2.46. The van der Waals surface area contributed by atoms with E-state index in [4.69, 9.17) is 16.3 Å². The number of methoxy groups -OCH3 is 1. The first-order valence-corrected chi connectivity index (χ1v) is 8.59. The third-order valence-corrected chi connectivity index (χ3v) is 4.62. The fourth-order valence-corrected chi connectivity index (χ4v) is 3.35. The van der Waals surface area contributed by atoms with Crippen LogP contribution < -0.4 is 10.1 Å². The molecular formula is C17H13BrClFN4OS. The number of halogens is 3. The molecule has 0 amide bonds. The number of fused-ring (bicyclic) bond motifs is 1. The van der Waals surface area contributed by atoms with E-state index in [-0.39, 0.29) is 22.7 Å². The number of aromatic nitrogens is 3. The monoisotopic (exact) mass is 454 g/mol. The second kappa shape index (κ2) is 7.61. The number of rotatable bonds is 4. The maximum atomic E-state index is 13.8. The molecule has 0 radical (unpaired) electrons. The number of anilines is 2. The molecule has 9 heteroatoms. The van der Waals surface area contributed by atoms with E-state index in [1.807, 2.05) is 15.8 Å². The topological polar surface area (TPSA) is 51.5 Å². The van der Waals surface area contributed by atoms with Gasteiger partial charge in [0.25, 0.3) is 0 Å². The molecule has 4 rings (SSSR count). The van der Waals surface area contributed by atoms with Gasteiger partial charge in [-0.05, 0) is 24.3 Å². The number of ether oxygens (including phenoxy) is 1. The smallest absolute Gasteiger partial charge is 0.187 e. The number of imidazole rings is 1. The van der Waals surface area contributed by atoms with Crippen molar-refractivity contribution >= 4 is 56.4 Å². The van der Waals surface area contributed by atoms with Crippen molar-refractivity contribution in [3.8, 4) is 17.1 Å². The molecule has 0 aliphatic carbocycles. The van der Waals surface area contributed by atoms with Gasteiger partial charge in [-0.3, -0.25) is 4.40 Å². The van der Waals surface area contributed by atoms with Crippen molar-refractivity contribution in [2.75, 3.05) is 12.4 Å². The average molecular weight is 456 g/mol. The summed E-state index contributed by atoms with van der Waals surface area (Å²) in [7, 11) is 1.43. The molecule has 3 aromatic heterocycles. The summed E-state index contributed by atoms with van der Waals surface area (Å²) in [5.41, 5.74) is 2.98. The molecule has 1 N–H and O–H groups in total. The zero-order valence-electron chi connectivity index (χ0n) is 13.4. The number of hydrogen-bond acceptors (Lipinski definition) is 5. The molecule has 4 aromatic rings. The highest BCUT2D eigenvalue weighted by Crippen LogP contribution is 2.29. The molecule has 0 unspecified atom stereocenters. The van der Waals surface area contributed by atoms with E-state index in [0.29, 0.717) is 15.8 Å². The van der Waals surface area contributed by atoms with E-state index in [2.05, 4.69) is 15.3 Å². The lowest BCUT2D eigenvalue weighted by Crippen LogP contribution is -1.93. The second-order valence-corrected chi connectivity index (χ2v) is 6.53. The van der Waals surface area contributed by atoms with Gasteiger partial charge in [0.15, 0.2) is 16.7 Å². The summed E-state index contributed by atoms with van der Waals surface area (Å²) in [5, 5.41) is 6.27. The van der Waals surface area contributed by atoms with Crippen LogP contribution >= 0.6 is 39.9 Å². The summed E-state index contributed by atoms with van der Waals surface area (Å²) in [5.74, 6) is -0.228. The summed E-state index contributed by atoms with van der Waals surface area (Å²) >= 11 is 7.48. The van der Waals surface area contributed by atoms with E-state index < -0.39 is 5.82 Å². The Bertz CT molecular complexity index is 1070. The minimum atomic E-state index is -0.430. The second-order valence-electron chi connectivity index (χ2n) is 5.23. The highest BCUT2D eigenvalue weighted by molar-refractivity contribution is 8.93. The van der Waals surface area contributed by atoms with Crippen LogP contribution in [0, 0.1) is 5.82 Å². The van der Waals surface area contributed by atoms with E-state index in [1.165, 1.54) is 24.5 Å². The Morgan fingerprint density at radius 1 is 1.27 bits per heavy atom. The maximum Gasteiger partial charge on any atom is 0.187 e. The van der Waals surface area contributed by atoms with E-state index >= 15 is 0 Å². The quantitative estimate of drug-likeness (QED) is 0.436. The molecule has 0 atom stereocenters. The van der Waals surface area contributed by atoms with Gasteiger partial charge in [-0.1, -0.05) is 11.6 Å². The van der Waals surface area contributed by atoms with Gasteiger partial charge < -0.3 is 10.1 Å². The number of nitrogens with zero attached hydrogens (tertiary/aromatic N) is 3. The molecule has 0 spiro atoms. The zero-order chi connectivity index (χ0) is 17.4. The maximum absolute atomic E-state index is 13.8. The molecule has 134 valence electrons. The SMILES string of the molecule is Br.COc1ccc(Nc2nc(-c3cnc4ccc(Cl)cn34)cs2)cc1F. The van der Waals surface area contributed by atoms with Gasteiger partial charge in [-0.2, -0.15) is 0 Å². The fraction of sp³-hybridized carbons (Fsp3) is 0.0588. The van der Waals surface area contributed by atoms with E-state index in [9.17, 15) is 4.39 Å². The number of hydrogen-bond donors (Lipinski definition) is 1. The highest BCUT2D eigenvalue weighted by Gasteiger charge is 2.11. The van der Waals surface area contributed by atoms with Crippen LogP contribution in [0.4, 0.5) is 15.2 Å². The summed E-state index contributed by atoms with van der Waals surface area (Å²) in [6, 6.07) is 8.31. The van der Waals surface area contributed by atoms with Crippen molar-refractivity contribution in [2.45, 2.75) is 0 Å². The van der Waals surface area contributed by atoms with Crippen LogP contribution in [0.5, 0.6) is 5.75 Å². The third-order valence-electron chi connectivity index (χ3n) is 3.64. The predicted octanol–water partition coefficient (Wildman–Crippen LogP) is 5.58. The Balaban J connectivity index is 0.00000196. The molecule has 3 heterocycles. The van der Waals surface area contributed by atoms with Gasteiger partial charge in [0, 0.05) is 23.3 Å². The molecule has 26 heavy (non-hydrogen) atoms. The molecule has 0 aliphatic heterocycles. The Labute approximate surface area is 168 Å². The van der Waals surface area contributed by atoms with Crippen molar-refractivity contribution in [1.29, 1.82) is 0 Å². The van der Waals surface area contributed by atoms with Crippen molar-refractivity contribution in [3.05, 3.63) is 58.9 Å². The Morgan fingerprint density at radius 3 is 2.88 bits per heavy atom. The van der Waals surface area contributed by atoms with Crippen LogP contribution in [0.2, 0.25) is 5.02 Å². The van der Waals surface area contributed by atoms with Gasteiger partial charge in [-0.15, -0.1) is 28.3 Å². The lowest BCUT2D eigenvalue weighted by molar-refractivity contribution is 0.386. The van der Waals surface area contributed by atoms with Gasteiger partial charge >= 0.3 is 0 Å². The zero-order valence-corrected chi connectivity index (χ0v) is 16.7. The van der Waals surface area contributed by atoms with Gasteiger partial charge in [0.05, 0.1) is 24.0 Å². The van der Waals surface area contributed by atoms with Crippen LogP contribution in [0.15, 0.2) is 48.1 Å². The van der Waals surface area contributed by atoms with Gasteiger partial charge in [-0.25, -0.2) is 14.4 Å². The van der Waals surface area contributed by atoms with Crippen molar-refractivity contribution in [3.63, 3.8) is 0 Å². The lowest BCUT2D eigenvalue weighted by atomic mass is 10.3. The molecule has 1 aromatic carbocycles. The highest BCUT2D eigenvalue weighted by atomic mass is 79.9. The van der Waals surface area contributed by atoms with Crippen LogP contribution in [0.25, 0.3) is 17.0 Å². The number of thiazole rings is 1. The molecule has 5 nitrogen and oxygen atoms in total. The number of benzene rings is 1. The largest absolute Gasteiger partial charge is 0.494 e. The standard InChI is InChI=1S/C17H12ClFN4OS.BrH/c1-24-15-4-3-11(6-12(15)19)21-17-22-13(9-25-17)14-7-20-16-5-2-10(18)8-23(14)16;/h2-9H,1H3,(H,21,22);1H. The number of nitrogens with one attached hydrogen (secondary N) is 1. The normalized spacial score (nSPS) is 10.6. The van der Waals surface area contributed by atoms with Gasteiger partial charge in [0.1, 0.15) is 11.3 Å².